The standard InChI is InChI=1S/C13H18NO8P/c1-17-21-23(16,22-18-2)20-10-9-19-13(15)14-8-7-11-5-3-4-6-12(11)14/h3-6H,7-10H2,1-2H3. The fraction of sp³-hybridized carbons (Fsp3) is 0.462. The van der Waals surface area contributed by atoms with Crippen molar-refractivity contribution in [3.8, 4) is 0 Å². The summed E-state index contributed by atoms with van der Waals surface area (Å²) in [6, 6.07) is 7.60. The molecule has 10 heteroatoms. The highest BCUT2D eigenvalue weighted by atomic mass is 31.2. The maximum absolute atomic E-state index is 12.1. The second kappa shape index (κ2) is 8.39. The number of ether oxygens (including phenoxy) is 1. The van der Waals surface area contributed by atoms with Crippen LogP contribution in [0.4, 0.5) is 10.5 Å². The van der Waals surface area contributed by atoms with E-state index in [-0.39, 0.29) is 13.2 Å². The zero-order chi connectivity index (χ0) is 16.7. The fourth-order valence-corrected chi connectivity index (χ4v) is 2.90. The quantitative estimate of drug-likeness (QED) is 0.306. The van der Waals surface area contributed by atoms with Gasteiger partial charge < -0.3 is 4.74 Å². The number of amides is 1. The van der Waals surface area contributed by atoms with Gasteiger partial charge in [-0.1, -0.05) is 18.2 Å². The maximum atomic E-state index is 12.1. The molecule has 1 amide bonds. The predicted molar refractivity (Wildman–Crippen MR) is 78.6 cm³/mol. The monoisotopic (exact) mass is 347 g/mol. The summed E-state index contributed by atoms with van der Waals surface area (Å²) in [5, 5.41) is 0. The first-order valence-corrected chi connectivity index (χ1v) is 8.27. The van der Waals surface area contributed by atoms with Gasteiger partial charge in [0.2, 0.25) is 0 Å². The van der Waals surface area contributed by atoms with Crippen molar-refractivity contribution >= 4 is 19.6 Å². The van der Waals surface area contributed by atoms with E-state index in [0.29, 0.717) is 6.54 Å². The van der Waals surface area contributed by atoms with Gasteiger partial charge in [-0.2, -0.15) is 0 Å². The number of benzene rings is 1. The largest absolute Gasteiger partial charge is 0.529 e. The Morgan fingerprint density at radius 1 is 1.17 bits per heavy atom. The molecule has 1 aromatic carbocycles. The smallest absolute Gasteiger partial charge is 0.447 e. The lowest BCUT2D eigenvalue weighted by atomic mass is 10.2. The van der Waals surface area contributed by atoms with Gasteiger partial charge in [-0.15, -0.1) is 9.35 Å². The van der Waals surface area contributed by atoms with E-state index >= 15 is 0 Å². The average molecular weight is 347 g/mol. The first-order chi connectivity index (χ1) is 11.1. The zero-order valence-electron chi connectivity index (χ0n) is 12.8. The molecule has 0 aromatic heterocycles. The normalized spacial score (nSPS) is 13.9. The molecule has 2 rings (SSSR count). The SMILES string of the molecule is COOP(=O)(OCCOC(=O)N1CCc2ccccc21)OOC. The minimum atomic E-state index is -4.01. The molecule has 0 spiro atoms. The van der Waals surface area contributed by atoms with Gasteiger partial charge in [0.15, 0.2) is 0 Å². The molecular weight excluding hydrogens is 329 g/mol. The average Bonchev–Trinajstić information content (AvgIpc) is 2.96. The van der Waals surface area contributed by atoms with E-state index in [1.165, 1.54) is 4.90 Å². The van der Waals surface area contributed by atoms with Crippen molar-refractivity contribution in [3.63, 3.8) is 0 Å². The number of para-hydroxylation sites is 1. The summed E-state index contributed by atoms with van der Waals surface area (Å²) < 4.78 is 30.5. The molecule has 0 unspecified atom stereocenters. The summed E-state index contributed by atoms with van der Waals surface area (Å²) in [6.45, 7) is 0.198. The molecular formula is C13H18NO8P. The van der Waals surface area contributed by atoms with Gasteiger partial charge in [0.05, 0.1) is 26.5 Å². The van der Waals surface area contributed by atoms with E-state index < -0.39 is 13.9 Å². The van der Waals surface area contributed by atoms with Gasteiger partial charge in [-0.25, -0.2) is 19.1 Å². The molecule has 0 saturated carbocycles. The second-order valence-corrected chi connectivity index (χ2v) is 5.86. The summed E-state index contributed by atoms with van der Waals surface area (Å²) in [5.74, 6) is 0. The van der Waals surface area contributed by atoms with E-state index in [2.05, 4.69) is 19.1 Å². The molecule has 128 valence electrons. The molecule has 0 aliphatic carbocycles. The van der Waals surface area contributed by atoms with Crippen molar-refractivity contribution in [1.29, 1.82) is 0 Å². The number of carbonyl (C=O) groups is 1. The highest BCUT2D eigenvalue weighted by molar-refractivity contribution is 7.48. The van der Waals surface area contributed by atoms with Crippen molar-refractivity contribution in [3.05, 3.63) is 29.8 Å². The summed E-state index contributed by atoms with van der Waals surface area (Å²) in [6.07, 6.45) is 0.272. The van der Waals surface area contributed by atoms with E-state index in [1.807, 2.05) is 24.3 Å². The maximum Gasteiger partial charge on any atom is 0.529 e. The van der Waals surface area contributed by atoms with Gasteiger partial charge in [-0.3, -0.25) is 9.42 Å². The van der Waals surface area contributed by atoms with Crippen LogP contribution in [0, 0.1) is 0 Å². The lowest BCUT2D eigenvalue weighted by molar-refractivity contribution is -0.259. The van der Waals surface area contributed by atoms with Crippen LogP contribution in [0.5, 0.6) is 0 Å². The van der Waals surface area contributed by atoms with Gasteiger partial charge >= 0.3 is 13.9 Å². The summed E-state index contributed by atoms with van der Waals surface area (Å²) in [5.41, 5.74) is 1.92. The number of hydrogen-bond acceptors (Lipinski definition) is 8. The Balaban J connectivity index is 1.78. The van der Waals surface area contributed by atoms with Crippen LogP contribution in [0.3, 0.4) is 0 Å². The van der Waals surface area contributed by atoms with Gasteiger partial charge in [0.1, 0.15) is 6.61 Å². The van der Waals surface area contributed by atoms with Crippen LogP contribution < -0.4 is 4.90 Å². The molecule has 9 nitrogen and oxygen atoms in total. The van der Waals surface area contributed by atoms with Crippen molar-refractivity contribution < 1.29 is 37.7 Å². The number of rotatable bonds is 8. The van der Waals surface area contributed by atoms with Crippen LogP contribution in [0.1, 0.15) is 5.56 Å². The molecule has 0 bridgehead atoms. The number of anilines is 1. The van der Waals surface area contributed by atoms with Crippen LogP contribution in [0.2, 0.25) is 0 Å². The third-order valence-electron chi connectivity index (χ3n) is 3.00. The van der Waals surface area contributed by atoms with Crippen molar-refractivity contribution in [1.82, 2.24) is 0 Å². The lowest BCUT2D eigenvalue weighted by Crippen LogP contribution is -2.30. The molecule has 0 radical (unpaired) electrons. The fourth-order valence-electron chi connectivity index (χ4n) is 2.12. The van der Waals surface area contributed by atoms with E-state index in [1.54, 1.807) is 0 Å². The number of nitrogens with zero attached hydrogens (tertiary/aromatic N) is 1. The van der Waals surface area contributed by atoms with Gasteiger partial charge in [0, 0.05) is 6.54 Å². The van der Waals surface area contributed by atoms with Crippen LogP contribution in [0.25, 0.3) is 0 Å². The Hall–Kier alpha value is -1.48. The number of fused-ring (bicyclic) bond motifs is 1. The van der Waals surface area contributed by atoms with Crippen LogP contribution >= 0.6 is 7.82 Å². The van der Waals surface area contributed by atoms with Crippen molar-refractivity contribution in [2.45, 2.75) is 6.42 Å². The Morgan fingerprint density at radius 3 is 2.57 bits per heavy atom. The Labute approximate surface area is 133 Å². The van der Waals surface area contributed by atoms with Gasteiger partial charge in [0.25, 0.3) is 0 Å². The number of phosphoric acid groups is 1. The molecule has 1 aliphatic rings. The molecule has 1 heterocycles. The van der Waals surface area contributed by atoms with Crippen molar-refractivity contribution in [2.24, 2.45) is 0 Å². The summed E-state index contributed by atoms with van der Waals surface area (Å²) in [7, 11) is -1.73. The molecule has 0 saturated heterocycles. The predicted octanol–water partition coefficient (Wildman–Crippen LogP) is 2.47. The highest BCUT2D eigenvalue weighted by Crippen LogP contribution is 2.49. The Morgan fingerprint density at radius 2 is 1.87 bits per heavy atom. The highest BCUT2D eigenvalue weighted by Gasteiger charge is 2.30. The Bertz CT molecular complexity index is 571. The summed E-state index contributed by atoms with van der Waals surface area (Å²) in [4.78, 5) is 22.1. The van der Waals surface area contributed by atoms with Crippen LogP contribution in [-0.4, -0.2) is 40.1 Å². The molecule has 0 N–H and O–H groups in total. The first-order valence-electron chi connectivity index (χ1n) is 6.81. The third-order valence-corrected chi connectivity index (χ3v) is 4.16. The topological polar surface area (TPSA) is 92.8 Å². The van der Waals surface area contributed by atoms with Crippen LogP contribution in [0.15, 0.2) is 24.3 Å². The second-order valence-electron chi connectivity index (χ2n) is 4.41. The lowest BCUT2D eigenvalue weighted by Gasteiger charge is -2.17. The minimum Gasteiger partial charge on any atom is -0.447 e. The number of carbonyl (C=O) groups excluding carboxylic acids is 1. The molecule has 1 aliphatic heterocycles. The summed E-state index contributed by atoms with van der Waals surface area (Å²) >= 11 is 0. The molecule has 0 fully saturated rings. The molecule has 0 atom stereocenters. The zero-order valence-corrected chi connectivity index (χ0v) is 13.7. The van der Waals surface area contributed by atoms with E-state index in [0.717, 1.165) is 31.9 Å². The van der Waals surface area contributed by atoms with Crippen LogP contribution in [-0.2, 0) is 39.4 Å². The molecule has 1 aromatic rings. The van der Waals surface area contributed by atoms with Crippen molar-refractivity contribution in [2.75, 3.05) is 38.9 Å². The third kappa shape index (κ3) is 4.74. The van der Waals surface area contributed by atoms with E-state index in [4.69, 9.17) is 9.26 Å². The molecule has 23 heavy (non-hydrogen) atoms. The number of hydrogen-bond donors (Lipinski definition) is 0. The minimum absolute atomic E-state index is 0.137. The Kier molecular flexibility index (Phi) is 6.52. The first kappa shape index (κ1) is 17.9. The van der Waals surface area contributed by atoms with E-state index in [9.17, 15) is 9.36 Å². The van der Waals surface area contributed by atoms with Gasteiger partial charge in [-0.05, 0) is 18.1 Å².